The van der Waals surface area contributed by atoms with E-state index in [-0.39, 0.29) is 18.5 Å². The highest BCUT2D eigenvalue weighted by Gasteiger charge is 2.43. The Balaban J connectivity index is 2.28. The predicted molar refractivity (Wildman–Crippen MR) is 105 cm³/mol. The Kier molecular flexibility index (Phi) is 5.95. The number of aromatic nitrogens is 1. The minimum Gasteiger partial charge on any atom is -0.385 e. The van der Waals surface area contributed by atoms with E-state index in [0.29, 0.717) is 18.8 Å². The van der Waals surface area contributed by atoms with Crippen molar-refractivity contribution < 1.29 is 8.78 Å². The van der Waals surface area contributed by atoms with Crippen molar-refractivity contribution in [2.75, 3.05) is 26.7 Å². The Morgan fingerprint density at radius 1 is 1.31 bits per heavy atom. The van der Waals surface area contributed by atoms with Crippen LogP contribution in [-0.2, 0) is 0 Å². The SMILES string of the molecule is Cc1ccc(C)n1/C(N)=C/C(=NCC1CCN(C)CC1(F)F)C(C)(C)C. The molecule has 2 rings (SSSR count). The van der Waals surface area contributed by atoms with Gasteiger partial charge in [-0.2, -0.15) is 0 Å². The third-order valence-corrected chi connectivity index (χ3v) is 5.00. The van der Waals surface area contributed by atoms with Crippen LogP contribution in [0.1, 0.15) is 38.6 Å². The second kappa shape index (κ2) is 7.51. The monoisotopic (exact) mass is 366 g/mol. The molecule has 0 aliphatic carbocycles. The molecule has 1 fully saturated rings. The van der Waals surface area contributed by atoms with Crippen LogP contribution in [0.4, 0.5) is 8.78 Å². The largest absolute Gasteiger partial charge is 0.385 e. The molecule has 1 aromatic heterocycles. The molecule has 0 spiro atoms. The molecule has 1 atom stereocenters. The minimum absolute atomic E-state index is 0.126. The number of nitrogens with two attached hydrogens (primary N) is 1. The molecule has 1 saturated heterocycles. The molecule has 0 aromatic carbocycles. The molecule has 0 amide bonds. The Labute approximate surface area is 155 Å². The molecule has 2 heterocycles. The fraction of sp³-hybridized carbons (Fsp3) is 0.650. The average Bonchev–Trinajstić information content (AvgIpc) is 2.82. The van der Waals surface area contributed by atoms with Crippen molar-refractivity contribution in [3.05, 3.63) is 29.6 Å². The van der Waals surface area contributed by atoms with E-state index in [4.69, 9.17) is 5.73 Å². The lowest BCUT2D eigenvalue weighted by Gasteiger charge is -2.36. The molecular formula is C20H32F2N4. The van der Waals surface area contributed by atoms with E-state index < -0.39 is 11.8 Å². The zero-order valence-corrected chi connectivity index (χ0v) is 16.8. The van der Waals surface area contributed by atoms with Gasteiger partial charge in [-0.25, -0.2) is 8.78 Å². The maximum absolute atomic E-state index is 14.3. The lowest BCUT2D eigenvalue weighted by atomic mass is 9.88. The van der Waals surface area contributed by atoms with Crippen LogP contribution in [0.3, 0.4) is 0 Å². The maximum atomic E-state index is 14.3. The van der Waals surface area contributed by atoms with Crippen LogP contribution < -0.4 is 5.73 Å². The van der Waals surface area contributed by atoms with Crippen LogP contribution >= 0.6 is 0 Å². The molecule has 1 aromatic rings. The van der Waals surface area contributed by atoms with E-state index in [2.05, 4.69) is 4.99 Å². The lowest BCUT2D eigenvalue weighted by molar-refractivity contribution is -0.101. The van der Waals surface area contributed by atoms with Gasteiger partial charge < -0.3 is 15.2 Å². The molecule has 0 saturated carbocycles. The van der Waals surface area contributed by atoms with Crippen molar-refractivity contribution in [3.63, 3.8) is 0 Å². The molecule has 1 aliphatic rings. The Morgan fingerprint density at radius 3 is 2.38 bits per heavy atom. The summed E-state index contributed by atoms with van der Waals surface area (Å²) in [6.07, 6.45) is 2.28. The number of hydrogen-bond donors (Lipinski definition) is 1. The Morgan fingerprint density at radius 2 is 1.88 bits per heavy atom. The number of aryl methyl sites for hydroxylation is 2. The van der Waals surface area contributed by atoms with Crippen LogP contribution in [0.2, 0.25) is 0 Å². The van der Waals surface area contributed by atoms with E-state index in [1.54, 1.807) is 11.9 Å². The van der Waals surface area contributed by atoms with Crippen molar-refractivity contribution in [3.8, 4) is 0 Å². The van der Waals surface area contributed by atoms with E-state index in [0.717, 1.165) is 17.1 Å². The summed E-state index contributed by atoms with van der Waals surface area (Å²) in [7, 11) is 1.74. The first-order valence-electron chi connectivity index (χ1n) is 9.15. The van der Waals surface area contributed by atoms with E-state index in [1.807, 2.05) is 57.4 Å². The van der Waals surface area contributed by atoms with Crippen molar-refractivity contribution in [1.29, 1.82) is 0 Å². The standard InChI is InChI=1S/C20H32F2N4/c1-14-7-8-15(2)26(14)18(23)11-17(19(3,4)5)24-12-16-9-10-25(6)13-20(16,21)22/h7-8,11,16H,9-10,12-13,23H2,1-6H3/b18-11+,24-17?. The number of piperidine rings is 1. The van der Waals surface area contributed by atoms with Crippen molar-refractivity contribution in [2.24, 2.45) is 22.1 Å². The summed E-state index contributed by atoms with van der Waals surface area (Å²) < 4.78 is 30.6. The third kappa shape index (κ3) is 4.72. The lowest BCUT2D eigenvalue weighted by Crippen LogP contribution is -2.48. The second-order valence-corrected chi connectivity index (χ2v) is 8.48. The molecule has 1 unspecified atom stereocenters. The van der Waals surface area contributed by atoms with Crippen LogP contribution in [-0.4, -0.2) is 47.8 Å². The second-order valence-electron chi connectivity index (χ2n) is 8.48. The van der Waals surface area contributed by atoms with Gasteiger partial charge in [0, 0.05) is 41.1 Å². The zero-order valence-electron chi connectivity index (χ0n) is 16.8. The maximum Gasteiger partial charge on any atom is 0.265 e. The predicted octanol–water partition coefficient (Wildman–Crippen LogP) is 3.94. The summed E-state index contributed by atoms with van der Waals surface area (Å²) >= 11 is 0. The van der Waals surface area contributed by atoms with Crippen molar-refractivity contribution in [1.82, 2.24) is 9.47 Å². The van der Waals surface area contributed by atoms with E-state index >= 15 is 0 Å². The third-order valence-electron chi connectivity index (χ3n) is 5.00. The molecular weight excluding hydrogens is 334 g/mol. The van der Waals surface area contributed by atoms with Gasteiger partial charge in [-0.3, -0.25) is 4.99 Å². The summed E-state index contributed by atoms with van der Waals surface area (Å²) in [5, 5.41) is 0. The number of nitrogens with zero attached hydrogens (tertiary/aromatic N) is 3. The van der Waals surface area contributed by atoms with Gasteiger partial charge in [0.25, 0.3) is 5.92 Å². The number of aliphatic imine (C=N–C) groups is 1. The van der Waals surface area contributed by atoms with Crippen LogP contribution in [0.25, 0.3) is 5.82 Å². The Hall–Kier alpha value is -1.69. The minimum atomic E-state index is -2.71. The first-order valence-corrected chi connectivity index (χ1v) is 9.15. The summed E-state index contributed by atoms with van der Waals surface area (Å²) in [4.78, 5) is 6.28. The molecule has 26 heavy (non-hydrogen) atoms. The highest BCUT2D eigenvalue weighted by atomic mass is 19.3. The number of allylic oxidation sites excluding steroid dienone is 1. The zero-order chi connectivity index (χ0) is 19.7. The van der Waals surface area contributed by atoms with Crippen LogP contribution in [0, 0.1) is 25.2 Å². The quantitative estimate of drug-likeness (QED) is 0.821. The molecule has 6 heteroatoms. The highest BCUT2D eigenvalue weighted by Crippen LogP contribution is 2.33. The summed E-state index contributed by atoms with van der Waals surface area (Å²) in [6.45, 7) is 10.7. The molecule has 0 radical (unpaired) electrons. The summed E-state index contributed by atoms with van der Waals surface area (Å²) in [5.41, 5.74) is 8.84. The molecule has 2 N–H and O–H groups in total. The van der Waals surface area contributed by atoms with Crippen LogP contribution in [0.15, 0.2) is 23.2 Å². The fourth-order valence-corrected chi connectivity index (χ4v) is 3.37. The summed E-state index contributed by atoms with van der Waals surface area (Å²) in [5.74, 6) is -2.86. The number of rotatable bonds is 4. The molecule has 0 bridgehead atoms. The van der Waals surface area contributed by atoms with Gasteiger partial charge in [-0.1, -0.05) is 20.8 Å². The topological polar surface area (TPSA) is 46.6 Å². The highest BCUT2D eigenvalue weighted by molar-refractivity contribution is 6.02. The van der Waals surface area contributed by atoms with Gasteiger partial charge in [0.05, 0.1) is 6.54 Å². The normalized spacial score (nSPS) is 22.7. The van der Waals surface area contributed by atoms with Gasteiger partial charge in [-0.15, -0.1) is 0 Å². The van der Waals surface area contributed by atoms with Gasteiger partial charge >= 0.3 is 0 Å². The number of alkyl halides is 2. The first-order chi connectivity index (χ1) is 11.9. The van der Waals surface area contributed by atoms with Crippen LogP contribution in [0.5, 0.6) is 0 Å². The summed E-state index contributed by atoms with van der Waals surface area (Å²) in [6, 6.07) is 4.01. The molecule has 146 valence electrons. The Bertz CT molecular complexity index is 676. The van der Waals surface area contributed by atoms with Crippen molar-refractivity contribution >= 4 is 11.5 Å². The number of likely N-dealkylation sites (tertiary alicyclic amines) is 1. The smallest absolute Gasteiger partial charge is 0.265 e. The van der Waals surface area contributed by atoms with Gasteiger partial charge in [0.2, 0.25) is 0 Å². The van der Waals surface area contributed by atoms with E-state index in [9.17, 15) is 8.78 Å². The molecule has 4 nitrogen and oxygen atoms in total. The number of halogens is 2. The van der Waals surface area contributed by atoms with Gasteiger partial charge in [0.15, 0.2) is 0 Å². The molecule has 1 aliphatic heterocycles. The average molecular weight is 367 g/mol. The first kappa shape index (κ1) is 20.6. The van der Waals surface area contributed by atoms with Gasteiger partial charge in [-0.05, 0) is 46.0 Å². The van der Waals surface area contributed by atoms with E-state index in [1.165, 1.54) is 0 Å². The number of hydrogen-bond acceptors (Lipinski definition) is 3. The van der Waals surface area contributed by atoms with Gasteiger partial charge in [0.1, 0.15) is 5.82 Å². The fourth-order valence-electron chi connectivity index (χ4n) is 3.37. The van der Waals surface area contributed by atoms with Crippen molar-refractivity contribution in [2.45, 2.75) is 47.0 Å².